The number of thioether (sulfide) groups is 1. The number of hydrogen-bond acceptors (Lipinski definition) is 2. The number of aryl methyl sites for hydroxylation is 1. The fourth-order valence-electron chi connectivity index (χ4n) is 1.70. The molecule has 0 radical (unpaired) electrons. The molecular weight excluding hydrogens is 306 g/mol. The van der Waals surface area contributed by atoms with Crippen LogP contribution in [0.2, 0.25) is 0 Å². The van der Waals surface area contributed by atoms with Crippen molar-refractivity contribution in [3.63, 3.8) is 0 Å². The van der Waals surface area contributed by atoms with E-state index < -0.39 is 0 Å². The molecule has 2 aromatic rings. The molecule has 0 amide bonds. The lowest BCUT2D eigenvalue weighted by Gasteiger charge is -2.06. The van der Waals surface area contributed by atoms with Gasteiger partial charge in [0.25, 0.3) is 0 Å². The van der Waals surface area contributed by atoms with Crippen molar-refractivity contribution < 1.29 is 0 Å². The quantitative estimate of drug-likeness (QED) is 0.750. The van der Waals surface area contributed by atoms with Crippen LogP contribution in [0, 0.1) is 18.3 Å². The van der Waals surface area contributed by atoms with Gasteiger partial charge in [0, 0.05) is 15.1 Å². The smallest absolute Gasteiger partial charge is 0.101 e. The van der Waals surface area contributed by atoms with Crippen LogP contribution in [0.3, 0.4) is 0 Å². The first-order valence-corrected chi connectivity index (χ1v) is 7.35. The first-order chi connectivity index (χ1) is 8.70. The molecule has 0 bridgehead atoms. The molecule has 0 aliphatic rings. The number of benzene rings is 2. The van der Waals surface area contributed by atoms with Gasteiger partial charge in [0.2, 0.25) is 0 Å². The Bertz CT molecular complexity index is 602. The first-order valence-electron chi connectivity index (χ1n) is 5.57. The number of halogens is 1. The minimum atomic E-state index is 0.718. The summed E-state index contributed by atoms with van der Waals surface area (Å²) in [7, 11) is 0. The molecule has 0 aromatic heterocycles. The van der Waals surface area contributed by atoms with Gasteiger partial charge in [-0.3, -0.25) is 0 Å². The van der Waals surface area contributed by atoms with Crippen LogP contribution < -0.4 is 0 Å². The van der Waals surface area contributed by atoms with Crippen LogP contribution in [0.1, 0.15) is 16.7 Å². The minimum absolute atomic E-state index is 0.718. The number of nitriles is 1. The fraction of sp³-hybridized carbons (Fsp3) is 0.133. The highest BCUT2D eigenvalue weighted by Crippen LogP contribution is 2.30. The lowest BCUT2D eigenvalue weighted by Crippen LogP contribution is -1.86. The van der Waals surface area contributed by atoms with Crippen LogP contribution in [0.4, 0.5) is 0 Å². The number of hydrogen-bond donors (Lipinski definition) is 0. The average Bonchev–Trinajstić information content (AvgIpc) is 2.36. The second-order valence-corrected chi connectivity index (χ2v) is 5.87. The van der Waals surface area contributed by atoms with Crippen molar-refractivity contribution in [1.29, 1.82) is 5.26 Å². The summed E-state index contributed by atoms with van der Waals surface area (Å²) >= 11 is 5.10. The van der Waals surface area contributed by atoms with Crippen LogP contribution in [-0.2, 0) is 5.75 Å². The average molecular weight is 318 g/mol. The third-order valence-corrected chi connectivity index (χ3v) is 4.35. The van der Waals surface area contributed by atoms with Crippen LogP contribution in [0.15, 0.2) is 51.8 Å². The summed E-state index contributed by atoms with van der Waals surface area (Å²) in [5, 5.41) is 9.15. The van der Waals surface area contributed by atoms with Crippen molar-refractivity contribution in [3.8, 4) is 6.07 Å². The van der Waals surface area contributed by atoms with Gasteiger partial charge in [0.05, 0.1) is 5.56 Å². The van der Waals surface area contributed by atoms with E-state index in [-0.39, 0.29) is 0 Å². The van der Waals surface area contributed by atoms with Crippen LogP contribution in [0.5, 0.6) is 0 Å². The normalized spacial score (nSPS) is 10.1. The summed E-state index contributed by atoms with van der Waals surface area (Å²) in [6, 6.07) is 16.5. The first kappa shape index (κ1) is 13.2. The molecule has 2 aromatic carbocycles. The van der Waals surface area contributed by atoms with Crippen LogP contribution in [-0.4, -0.2) is 0 Å². The monoisotopic (exact) mass is 317 g/mol. The highest BCUT2D eigenvalue weighted by atomic mass is 79.9. The third-order valence-electron chi connectivity index (χ3n) is 2.56. The standard InChI is InChI=1S/C15H12BrNS/c1-11-4-2-5-12(8-11)10-18-15-7-3-6-14(16)13(15)9-17/h2-8H,10H2,1H3. The number of rotatable bonds is 3. The zero-order valence-electron chi connectivity index (χ0n) is 9.98. The summed E-state index contributed by atoms with van der Waals surface area (Å²) in [4.78, 5) is 1.02. The van der Waals surface area contributed by atoms with Gasteiger partial charge >= 0.3 is 0 Å². The van der Waals surface area contributed by atoms with Gasteiger partial charge in [-0.2, -0.15) is 5.26 Å². The maximum atomic E-state index is 9.15. The van der Waals surface area contributed by atoms with Crippen molar-refractivity contribution in [3.05, 3.63) is 63.6 Å². The Labute approximate surface area is 120 Å². The Kier molecular flexibility index (Phi) is 4.46. The molecule has 18 heavy (non-hydrogen) atoms. The summed E-state index contributed by atoms with van der Waals surface area (Å²) in [6.07, 6.45) is 0. The molecule has 0 unspecified atom stereocenters. The van der Waals surface area contributed by atoms with Crippen molar-refractivity contribution in [1.82, 2.24) is 0 Å². The van der Waals surface area contributed by atoms with E-state index in [1.807, 2.05) is 18.2 Å². The molecule has 0 aliphatic heterocycles. The summed E-state index contributed by atoms with van der Waals surface area (Å²) in [5.74, 6) is 0.882. The molecule has 1 nitrogen and oxygen atoms in total. The topological polar surface area (TPSA) is 23.8 Å². The Morgan fingerprint density at radius 1 is 1.22 bits per heavy atom. The van der Waals surface area contributed by atoms with Crippen molar-refractivity contribution in [2.24, 2.45) is 0 Å². The van der Waals surface area contributed by atoms with Gasteiger partial charge in [-0.25, -0.2) is 0 Å². The molecule has 0 fully saturated rings. The lowest BCUT2D eigenvalue weighted by molar-refractivity contribution is 1.31. The van der Waals surface area contributed by atoms with Crippen molar-refractivity contribution >= 4 is 27.7 Å². The van der Waals surface area contributed by atoms with E-state index in [0.717, 1.165) is 20.7 Å². The molecule has 0 N–H and O–H groups in total. The molecule has 90 valence electrons. The Balaban J connectivity index is 2.16. The van der Waals surface area contributed by atoms with Crippen molar-refractivity contribution in [2.45, 2.75) is 17.6 Å². The highest BCUT2D eigenvalue weighted by Gasteiger charge is 2.06. The van der Waals surface area contributed by atoms with E-state index in [0.29, 0.717) is 0 Å². The van der Waals surface area contributed by atoms with Gasteiger partial charge in [0.1, 0.15) is 6.07 Å². The van der Waals surface area contributed by atoms with E-state index in [1.165, 1.54) is 11.1 Å². The van der Waals surface area contributed by atoms with Gasteiger partial charge in [0.15, 0.2) is 0 Å². The highest BCUT2D eigenvalue weighted by molar-refractivity contribution is 9.10. The Hall–Kier alpha value is -1.24. The molecule has 0 saturated heterocycles. The largest absolute Gasteiger partial charge is 0.192 e. The SMILES string of the molecule is Cc1cccc(CSc2cccc(Br)c2C#N)c1. The lowest BCUT2D eigenvalue weighted by atomic mass is 10.2. The van der Waals surface area contributed by atoms with E-state index in [9.17, 15) is 0 Å². The van der Waals surface area contributed by atoms with E-state index in [1.54, 1.807) is 11.8 Å². The second kappa shape index (κ2) is 6.08. The van der Waals surface area contributed by atoms with Gasteiger partial charge in [-0.1, -0.05) is 35.9 Å². The molecule has 0 spiro atoms. The zero-order chi connectivity index (χ0) is 13.0. The predicted molar refractivity (Wildman–Crippen MR) is 79.6 cm³/mol. The predicted octanol–water partition coefficient (Wildman–Crippen LogP) is 4.92. The van der Waals surface area contributed by atoms with Gasteiger partial charge < -0.3 is 0 Å². The van der Waals surface area contributed by atoms with Gasteiger partial charge in [-0.15, -0.1) is 11.8 Å². The molecule has 0 saturated carbocycles. The molecule has 2 rings (SSSR count). The van der Waals surface area contributed by atoms with Gasteiger partial charge in [-0.05, 0) is 40.5 Å². The van der Waals surface area contributed by atoms with E-state index in [2.05, 4.69) is 53.2 Å². The summed E-state index contributed by atoms with van der Waals surface area (Å²) in [5.41, 5.74) is 3.27. The Morgan fingerprint density at radius 2 is 2.00 bits per heavy atom. The fourth-order valence-corrected chi connectivity index (χ4v) is 3.26. The second-order valence-electron chi connectivity index (χ2n) is 4.00. The molecule has 0 aliphatic carbocycles. The Morgan fingerprint density at radius 3 is 2.72 bits per heavy atom. The summed E-state index contributed by atoms with van der Waals surface area (Å²) in [6.45, 7) is 2.09. The van der Waals surface area contributed by atoms with Crippen molar-refractivity contribution in [2.75, 3.05) is 0 Å². The van der Waals surface area contributed by atoms with E-state index >= 15 is 0 Å². The van der Waals surface area contributed by atoms with Crippen LogP contribution >= 0.6 is 27.7 Å². The molecular formula is C15H12BrNS. The zero-order valence-corrected chi connectivity index (χ0v) is 12.4. The van der Waals surface area contributed by atoms with E-state index in [4.69, 9.17) is 5.26 Å². The van der Waals surface area contributed by atoms with Crippen LogP contribution in [0.25, 0.3) is 0 Å². The summed E-state index contributed by atoms with van der Waals surface area (Å²) < 4.78 is 0.860. The molecule has 3 heteroatoms. The third kappa shape index (κ3) is 3.16. The maximum absolute atomic E-state index is 9.15. The molecule has 0 atom stereocenters. The molecule has 0 heterocycles. The maximum Gasteiger partial charge on any atom is 0.101 e. The number of nitrogens with zero attached hydrogens (tertiary/aromatic N) is 1. The minimum Gasteiger partial charge on any atom is -0.192 e.